The molecule has 0 N–H and O–H groups in total. The molecule has 4 nitrogen and oxygen atoms in total. The Hall–Kier alpha value is -7.69. The SMILES string of the molecule is CC(C)(C)c1ccc(N2c3ccc(C(C)(C)C)cc3B3c4c2cccc4-n2c4cc5c(cc4c4cccc3c42)c2cccc3c2n5-c2cccc4c2B3c2cc(C(C)(C)C)ccc2N4c2ccc(C(C)(C)C)cc2)cc1. The summed E-state index contributed by atoms with van der Waals surface area (Å²) in [5.74, 6) is 0. The maximum absolute atomic E-state index is 2.64. The second-order valence-electron chi connectivity index (χ2n) is 26.6. The van der Waals surface area contributed by atoms with Crippen LogP contribution in [0.1, 0.15) is 105 Å². The highest BCUT2D eigenvalue weighted by molar-refractivity contribution is 7.01. The molecule has 0 spiro atoms. The summed E-state index contributed by atoms with van der Waals surface area (Å²) in [5, 5.41) is 5.20. The molecule has 2 aromatic heterocycles. The topological polar surface area (TPSA) is 16.3 Å². The lowest BCUT2D eigenvalue weighted by atomic mass is 9.33. The number of benzene rings is 9. The van der Waals surface area contributed by atoms with E-state index in [1.807, 2.05) is 0 Å². The van der Waals surface area contributed by atoms with E-state index in [4.69, 9.17) is 0 Å². The summed E-state index contributed by atoms with van der Waals surface area (Å²) >= 11 is 0. The number of hydrogen-bond donors (Lipinski definition) is 0. The molecule has 0 atom stereocenters. The molecule has 0 saturated carbocycles. The lowest BCUT2D eigenvalue weighted by Gasteiger charge is -2.41. The van der Waals surface area contributed by atoms with E-state index in [0.717, 1.165) is 0 Å². The van der Waals surface area contributed by atoms with Crippen molar-refractivity contribution in [2.45, 2.75) is 105 Å². The van der Waals surface area contributed by atoms with Crippen LogP contribution < -0.4 is 42.6 Å². The molecule has 76 heavy (non-hydrogen) atoms. The molecule has 15 rings (SSSR count). The van der Waals surface area contributed by atoms with Crippen LogP contribution >= 0.6 is 0 Å². The van der Waals surface area contributed by atoms with Crippen LogP contribution in [-0.4, -0.2) is 22.6 Å². The summed E-state index contributed by atoms with van der Waals surface area (Å²) < 4.78 is 5.28. The second kappa shape index (κ2) is 15.0. The largest absolute Gasteiger partial charge is 0.311 e. The van der Waals surface area contributed by atoms with Gasteiger partial charge in [0.05, 0.1) is 11.0 Å². The van der Waals surface area contributed by atoms with Crippen LogP contribution in [0.5, 0.6) is 0 Å². The van der Waals surface area contributed by atoms with E-state index in [9.17, 15) is 0 Å². The van der Waals surface area contributed by atoms with Gasteiger partial charge in [0.1, 0.15) is 0 Å². The van der Waals surface area contributed by atoms with Gasteiger partial charge in [-0.25, -0.2) is 0 Å². The zero-order valence-electron chi connectivity index (χ0n) is 46.1. The van der Waals surface area contributed by atoms with Gasteiger partial charge in [-0.15, -0.1) is 0 Å². The summed E-state index contributed by atoms with van der Waals surface area (Å²) in [4.78, 5) is 5.09. The van der Waals surface area contributed by atoms with Gasteiger partial charge in [-0.05, 0) is 149 Å². The van der Waals surface area contributed by atoms with Gasteiger partial charge in [-0.1, -0.05) is 180 Å². The van der Waals surface area contributed by atoms with Crippen LogP contribution in [0.3, 0.4) is 0 Å². The van der Waals surface area contributed by atoms with Crippen LogP contribution in [0.15, 0.2) is 170 Å². The summed E-state index contributed by atoms with van der Waals surface area (Å²) in [6.07, 6.45) is 0. The fraction of sp³-hybridized carbons (Fsp3) is 0.229. The van der Waals surface area contributed by atoms with Gasteiger partial charge in [-0.2, -0.15) is 0 Å². The lowest BCUT2D eigenvalue weighted by molar-refractivity contribution is 0.590. The van der Waals surface area contributed by atoms with E-state index in [1.54, 1.807) is 0 Å². The standard InChI is InChI=1S/C70H64B2N4/c1-67(2,3)41-25-31-45(32-26-41)73-55-35-29-43(69(7,8)9)37-53(55)71-51-19-13-17-47-49-39-50-48-18-14-20-52-66(48)76(62(50)40-61(49)75(65(47)51)59-23-15-21-57(73)63(59)71)60-24-16-22-58-64(60)72(52)54-38-44(70(10,11)12)30-36-56(54)74(58)46-33-27-42(28-34-46)68(4,5)6/h13-40H,1-12H3. The maximum Gasteiger partial charge on any atom is 0.252 e. The minimum atomic E-state index is -0.0124. The third-order valence-corrected chi connectivity index (χ3v) is 17.9. The van der Waals surface area contributed by atoms with Gasteiger partial charge in [-0.3, -0.25) is 0 Å². The summed E-state index contributed by atoms with van der Waals surface area (Å²) in [6.45, 7) is 28.0. The molecule has 9 aromatic carbocycles. The van der Waals surface area contributed by atoms with Crippen molar-refractivity contribution in [3.05, 3.63) is 192 Å². The van der Waals surface area contributed by atoms with Crippen LogP contribution in [0.25, 0.3) is 55.0 Å². The third kappa shape index (κ3) is 6.16. The van der Waals surface area contributed by atoms with E-state index in [2.05, 4.69) is 272 Å². The monoisotopic (exact) mass is 983 g/mol. The Bertz CT molecular complexity index is 4060. The highest BCUT2D eigenvalue weighted by Gasteiger charge is 2.45. The predicted octanol–water partition coefficient (Wildman–Crippen LogP) is 14.3. The smallest absolute Gasteiger partial charge is 0.252 e. The fourth-order valence-electron chi connectivity index (χ4n) is 14.0. The first kappa shape index (κ1) is 45.7. The number of aromatic nitrogens is 2. The van der Waals surface area contributed by atoms with E-state index in [-0.39, 0.29) is 35.1 Å². The van der Waals surface area contributed by atoms with Crippen LogP contribution in [0.4, 0.5) is 34.1 Å². The predicted molar refractivity (Wildman–Crippen MR) is 329 cm³/mol. The zero-order valence-corrected chi connectivity index (χ0v) is 46.1. The molecule has 0 bridgehead atoms. The highest BCUT2D eigenvalue weighted by Crippen LogP contribution is 2.47. The van der Waals surface area contributed by atoms with Crippen molar-refractivity contribution in [3.63, 3.8) is 0 Å². The van der Waals surface area contributed by atoms with Gasteiger partial charge in [0, 0.05) is 78.1 Å². The van der Waals surface area contributed by atoms with Gasteiger partial charge < -0.3 is 18.9 Å². The van der Waals surface area contributed by atoms with Gasteiger partial charge >= 0.3 is 0 Å². The van der Waals surface area contributed by atoms with Gasteiger partial charge in [0.25, 0.3) is 13.4 Å². The third-order valence-electron chi connectivity index (χ3n) is 17.9. The first-order valence-corrected chi connectivity index (χ1v) is 27.7. The molecule has 6 heterocycles. The first-order valence-electron chi connectivity index (χ1n) is 27.7. The number of nitrogens with zero attached hydrogens (tertiary/aromatic N) is 4. The summed E-state index contributed by atoms with van der Waals surface area (Å²) in [7, 11) is 0. The summed E-state index contributed by atoms with van der Waals surface area (Å²) in [6, 6.07) is 66.7. The Morgan fingerprint density at radius 1 is 0.289 bits per heavy atom. The van der Waals surface area contributed by atoms with Crippen LogP contribution in [-0.2, 0) is 21.7 Å². The van der Waals surface area contributed by atoms with Crippen LogP contribution in [0.2, 0.25) is 0 Å². The van der Waals surface area contributed by atoms with Gasteiger partial charge in [0.2, 0.25) is 0 Å². The van der Waals surface area contributed by atoms with Crippen molar-refractivity contribution in [1.29, 1.82) is 0 Å². The molecule has 4 aliphatic heterocycles. The Morgan fingerprint density at radius 2 is 0.645 bits per heavy atom. The van der Waals surface area contributed by atoms with Crippen LogP contribution in [0, 0.1) is 0 Å². The van der Waals surface area contributed by atoms with Gasteiger partial charge in [0.15, 0.2) is 0 Å². The first-order chi connectivity index (χ1) is 36.3. The van der Waals surface area contributed by atoms with Crippen molar-refractivity contribution >= 4 is 124 Å². The zero-order chi connectivity index (χ0) is 52.3. The van der Waals surface area contributed by atoms with Crippen molar-refractivity contribution in [2.24, 2.45) is 0 Å². The second-order valence-corrected chi connectivity index (χ2v) is 26.6. The van der Waals surface area contributed by atoms with E-state index in [0.29, 0.717) is 0 Å². The van der Waals surface area contributed by atoms with Crippen molar-refractivity contribution in [3.8, 4) is 11.4 Å². The fourth-order valence-corrected chi connectivity index (χ4v) is 14.0. The molecular weight excluding hydrogens is 918 g/mol. The minimum Gasteiger partial charge on any atom is -0.311 e. The molecular formula is C70H64B2N4. The molecule has 0 radical (unpaired) electrons. The Kier molecular flexibility index (Phi) is 9.04. The Balaban J connectivity index is 1.01. The van der Waals surface area contributed by atoms with E-state index >= 15 is 0 Å². The average molecular weight is 983 g/mol. The maximum atomic E-state index is 2.64. The van der Waals surface area contributed by atoms with Crippen molar-refractivity contribution in [1.82, 2.24) is 9.13 Å². The molecule has 370 valence electrons. The molecule has 6 heteroatoms. The van der Waals surface area contributed by atoms with Crippen molar-refractivity contribution in [2.75, 3.05) is 9.80 Å². The van der Waals surface area contributed by atoms with E-state index in [1.165, 1.54) is 144 Å². The molecule has 11 aromatic rings. The highest BCUT2D eigenvalue weighted by atomic mass is 15.2. The molecule has 0 amide bonds. The Morgan fingerprint density at radius 3 is 1.03 bits per heavy atom. The van der Waals surface area contributed by atoms with Crippen molar-refractivity contribution < 1.29 is 0 Å². The lowest BCUT2D eigenvalue weighted by Crippen LogP contribution is -2.60. The average Bonchev–Trinajstić information content (AvgIpc) is 4.07. The Labute approximate surface area is 448 Å². The molecule has 0 unspecified atom stereocenters. The number of anilines is 6. The molecule has 4 aliphatic rings. The molecule has 0 fully saturated rings. The number of hydrogen-bond acceptors (Lipinski definition) is 2. The molecule has 0 aliphatic carbocycles. The minimum absolute atomic E-state index is 0.0124. The molecule has 0 saturated heterocycles. The number of fused-ring (bicyclic) bond motifs is 14. The quantitative estimate of drug-likeness (QED) is 0.161. The number of para-hydroxylation sites is 2. The number of rotatable bonds is 2. The van der Waals surface area contributed by atoms with E-state index < -0.39 is 0 Å². The summed E-state index contributed by atoms with van der Waals surface area (Å²) in [5.41, 5.74) is 28.7. The normalized spacial score (nSPS) is 14.5.